The molecule has 0 aliphatic rings. The molecule has 0 saturated heterocycles. The fourth-order valence-corrected chi connectivity index (χ4v) is 18.2. The number of para-hydroxylation sites is 6. The third-order valence-electron chi connectivity index (χ3n) is 25.0. The van der Waals surface area contributed by atoms with E-state index in [1.807, 2.05) is 259 Å². The molecular formula is C119H84N18. The maximum atomic E-state index is 7.98. The van der Waals surface area contributed by atoms with Gasteiger partial charge in [0.15, 0.2) is 52.4 Å². The van der Waals surface area contributed by atoms with Crippen molar-refractivity contribution in [2.24, 2.45) is 0 Å². The molecule has 9 heterocycles. The van der Waals surface area contributed by atoms with Gasteiger partial charge in [-0.15, -0.1) is 0 Å². The minimum absolute atomic E-state index is 0.0302. The Balaban J connectivity index is 0.000000114. The van der Waals surface area contributed by atoms with Crippen LogP contribution in [0, 0.1) is 6.85 Å². The number of nitrogens with zero attached hydrogens (tertiary/aromatic N) is 18. The third kappa shape index (κ3) is 15.4. The Kier molecular flexibility index (Phi) is 19.7. The molecular weight excluding hydrogens is 1680 g/mol. The van der Waals surface area contributed by atoms with Crippen molar-refractivity contribution in [3.8, 4) is 142 Å². The summed E-state index contributed by atoms with van der Waals surface area (Å²) >= 11 is 0. The minimum atomic E-state index is -2.22. The Morgan fingerprint density at radius 2 is 0.409 bits per heavy atom. The van der Waals surface area contributed by atoms with Gasteiger partial charge in [-0.05, 0) is 191 Å². The summed E-state index contributed by atoms with van der Waals surface area (Å²) in [7, 11) is 0. The topological polar surface area (TPSA) is 183 Å². The Bertz CT molecular complexity index is 8640. The van der Waals surface area contributed by atoms with Gasteiger partial charge in [-0.3, -0.25) is 26.9 Å². The predicted octanol–water partition coefficient (Wildman–Crippen LogP) is 27.8. The summed E-state index contributed by atoms with van der Waals surface area (Å²) in [6.07, 6.45) is 0. The van der Waals surface area contributed by atoms with Gasteiger partial charge >= 0.3 is 0 Å². The van der Waals surface area contributed by atoms with Gasteiger partial charge in [0.1, 0.15) is 0 Å². The van der Waals surface area contributed by atoms with Crippen LogP contribution in [-0.2, 0) is 5.41 Å². The maximum absolute atomic E-state index is 7.98. The first-order valence-corrected chi connectivity index (χ1v) is 45.5. The fraction of sp³-hybridized carbons (Fsp3) is 0.0420. The average molecular weight is 1770 g/mol. The van der Waals surface area contributed by atoms with Crippen LogP contribution < -0.4 is 0 Å². The second-order valence-corrected chi connectivity index (χ2v) is 34.8. The van der Waals surface area contributed by atoms with E-state index in [4.69, 9.17) is 63.9 Å². The molecule has 0 unspecified atom stereocenters. The predicted molar refractivity (Wildman–Crippen MR) is 552 cm³/mol. The Morgan fingerprint density at radius 1 is 0.182 bits per heavy atom. The number of aryl methyl sites for hydroxylation is 1. The lowest BCUT2D eigenvalue weighted by Crippen LogP contribution is -2.10. The Labute approximate surface area is 792 Å². The van der Waals surface area contributed by atoms with Gasteiger partial charge in [-0.1, -0.05) is 312 Å². The van der Waals surface area contributed by atoms with Crippen molar-refractivity contribution in [3.05, 3.63) is 448 Å². The average Bonchev–Trinajstić information content (AvgIpc) is 1.57. The zero-order valence-corrected chi connectivity index (χ0v) is 74.6. The van der Waals surface area contributed by atoms with Crippen LogP contribution in [0.5, 0.6) is 0 Å². The van der Waals surface area contributed by atoms with E-state index in [1.54, 1.807) is 12.1 Å². The van der Waals surface area contributed by atoms with Gasteiger partial charge in [0, 0.05) is 71.2 Å². The molecule has 0 radical (unpaired) electrons. The number of rotatable bonds is 14. The van der Waals surface area contributed by atoms with Crippen LogP contribution in [-0.4, -0.2) is 86.7 Å². The van der Waals surface area contributed by atoms with E-state index >= 15 is 0 Å². The molecule has 0 bridgehead atoms. The highest BCUT2D eigenvalue weighted by Gasteiger charge is 2.26. The molecule has 18 nitrogen and oxygen atoms in total. The molecule has 137 heavy (non-hydrogen) atoms. The largest absolute Gasteiger partial charge is 0.278 e. The van der Waals surface area contributed by atoms with Crippen LogP contribution >= 0.6 is 0 Å². The third-order valence-corrected chi connectivity index (χ3v) is 25.0. The first kappa shape index (κ1) is 78.4. The molecule has 0 fully saturated rings. The summed E-state index contributed by atoms with van der Waals surface area (Å²) in [5.41, 5.74) is 29.4. The summed E-state index contributed by atoms with van der Waals surface area (Å²) in [6.45, 7) is 4.53. The lowest BCUT2D eigenvalue weighted by molar-refractivity contribution is 0.591. The summed E-state index contributed by atoms with van der Waals surface area (Å²) in [5, 5.41) is 0. The summed E-state index contributed by atoms with van der Waals surface area (Å²) in [6, 6.07) is 147. The molecule has 26 aromatic rings. The number of aromatic nitrogens is 18. The normalized spacial score (nSPS) is 12.1. The molecule has 0 aliphatic heterocycles. The molecule has 0 atom stereocenters. The lowest BCUT2D eigenvalue weighted by atomic mass is 9.87. The molecule has 0 amide bonds. The van der Waals surface area contributed by atoms with E-state index in [0.717, 1.165) is 150 Å². The van der Waals surface area contributed by atoms with Crippen molar-refractivity contribution in [3.63, 3.8) is 0 Å². The molecule has 650 valence electrons. The molecule has 17 aromatic carbocycles. The highest BCUT2D eigenvalue weighted by atomic mass is 15.2. The number of hydrogen-bond donors (Lipinski definition) is 0. The van der Waals surface area contributed by atoms with E-state index in [0.29, 0.717) is 58.2 Å². The van der Waals surface area contributed by atoms with Crippen LogP contribution in [0.2, 0.25) is 0 Å². The standard InChI is InChI=1S/C46H30N6.C38H30N6.C35H24N6/c1-4-12-31(13-5-1)32-20-22-33(23-21-32)37-26-29-41-42(30-37)52-40-19-11-10-18-39(40)47-46(52)51(41)38-27-24-36(25-28-38)45-49-43(34-14-6-2-7-15-34)48-44(50-45)35-16-8-3-9-17-35;1-38(2,3)28-20-23-32-33(24-28)44-31-17-11-10-16-30(31)39-37(44)43(32)29-21-18-27(19-22-29)36-41-34(25-12-6-4-7-13-25)40-35(42-36)26-14-8-5-9-15-26;1-23-16-21-30-31(22-23)41-29-15-9-8-14-28(29)36-35(41)40(30)27-19-17-26(18-20-27)34-38-32(24-10-4-2-5-11-24)37-33(39-34)25-12-6-3-7-13-25/h1-30H;4-24H,1-3H3;2-22H,1H3/i;;1D3. The van der Waals surface area contributed by atoms with Crippen LogP contribution in [0.15, 0.2) is 437 Å². The minimum Gasteiger partial charge on any atom is -0.278 e. The number of hydrogen-bond acceptors (Lipinski definition) is 12. The molecule has 0 saturated carbocycles. The molecule has 0 aliphatic carbocycles. The van der Waals surface area contributed by atoms with Crippen molar-refractivity contribution in [1.82, 2.24) is 86.7 Å². The van der Waals surface area contributed by atoms with Gasteiger partial charge in [0.2, 0.25) is 17.3 Å². The van der Waals surface area contributed by atoms with Crippen LogP contribution in [0.4, 0.5) is 0 Å². The van der Waals surface area contributed by atoms with Crippen molar-refractivity contribution in [2.75, 3.05) is 0 Å². The number of imidazole rings is 6. The van der Waals surface area contributed by atoms with Crippen molar-refractivity contribution < 1.29 is 4.11 Å². The van der Waals surface area contributed by atoms with E-state index in [-0.39, 0.29) is 11.0 Å². The highest BCUT2D eigenvalue weighted by Crippen LogP contribution is 2.40. The Morgan fingerprint density at radius 3 is 0.708 bits per heavy atom. The molecule has 18 heteroatoms. The summed E-state index contributed by atoms with van der Waals surface area (Å²) < 4.78 is 37.1. The quantitative estimate of drug-likeness (QED) is 0.101. The SMILES string of the molecule is CC(C)(C)c1ccc2c(c1)n1c3ccccc3nc1n2-c1ccc(-c2nc(-c3ccccc3)nc(-c3ccccc3)n2)cc1.[2H]C([2H])([2H])c1ccc2c(c1)n1c3ccccc3nc1n2-c1ccc(-c2nc(-c3ccccc3)nc(-c3ccccc3)n2)cc1.c1ccc(-c2ccc(-c3ccc4c(c3)n3c5ccccc5nc3n4-c3ccc(-c4nc(-c5ccccc5)nc(-c5ccccc5)n4)cc3)cc2)cc1. The first-order valence-electron chi connectivity index (χ1n) is 47.0. The summed E-state index contributed by atoms with van der Waals surface area (Å²) in [4.78, 5) is 59.0. The molecule has 0 N–H and O–H groups in total. The van der Waals surface area contributed by atoms with E-state index in [2.05, 4.69) is 213 Å². The van der Waals surface area contributed by atoms with Crippen LogP contribution in [0.3, 0.4) is 0 Å². The Hall–Kier alpha value is -18.4. The number of fused-ring (bicyclic) bond motifs is 15. The van der Waals surface area contributed by atoms with Crippen molar-refractivity contribution in [2.45, 2.75) is 33.0 Å². The second-order valence-electron chi connectivity index (χ2n) is 34.8. The van der Waals surface area contributed by atoms with Gasteiger partial charge in [-0.2, -0.15) is 0 Å². The second kappa shape index (κ2) is 34.4. The molecule has 26 rings (SSSR count). The first-order chi connectivity index (χ1) is 68.6. The zero-order valence-electron chi connectivity index (χ0n) is 77.6. The van der Waals surface area contributed by atoms with Crippen LogP contribution in [0.25, 0.3) is 225 Å². The molecule has 9 aromatic heterocycles. The van der Waals surface area contributed by atoms with Crippen molar-refractivity contribution in [1.29, 1.82) is 0 Å². The van der Waals surface area contributed by atoms with Crippen molar-refractivity contribution >= 4 is 83.5 Å². The van der Waals surface area contributed by atoms with Gasteiger partial charge < -0.3 is 0 Å². The maximum Gasteiger partial charge on any atom is 0.220 e. The van der Waals surface area contributed by atoms with E-state index in [9.17, 15) is 0 Å². The molecule has 0 spiro atoms. The van der Waals surface area contributed by atoms with Gasteiger partial charge in [0.25, 0.3) is 0 Å². The monoisotopic (exact) mass is 1770 g/mol. The smallest absolute Gasteiger partial charge is 0.220 e. The van der Waals surface area contributed by atoms with E-state index < -0.39 is 6.85 Å². The zero-order chi connectivity index (χ0) is 94.1. The lowest BCUT2D eigenvalue weighted by Gasteiger charge is -2.19. The fourth-order valence-electron chi connectivity index (χ4n) is 18.2. The number of benzene rings is 17. The van der Waals surface area contributed by atoms with Gasteiger partial charge in [-0.25, -0.2) is 59.8 Å². The summed E-state index contributed by atoms with van der Waals surface area (Å²) in [5.74, 6) is 8.06. The van der Waals surface area contributed by atoms with Crippen LogP contribution in [0.1, 0.15) is 36.0 Å². The highest BCUT2D eigenvalue weighted by molar-refractivity contribution is 5.97. The van der Waals surface area contributed by atoms with E-state index in [1.165, 1.54) is 22.3 Å². The van der Waals surface area contributed by atoms with Gasteiger partial charge in [0.05, 0.1) is 66.2 Å².